The van der Waals surface area contributed by atoms with E-state index in [2.05, 4.69) is 22.2 Å². The van der Waals surface area contributed by atoms with E-state index in [4.69, 9.17) is 0 Å². The Bertz CT molecular complexity index is 1180. The molecule has 9 nitrogen and oxygen atoms in total. The van der Waals surface area contributed by atoms with Crippen LogP contribution in [-0.4, -0.2) is 54.9 Å². The van der Waals surface area contributed by atoms with Gasteiger partial charge in [-0.3, -0.25) is 19.8 Å². The topological polar surface area (TPSA) is 145 Å². The highest BCUT2D eigenvalue weighted by Crippen LogP contribution is 2.39. The van der Waals surface area contributed by atoms with Crippen LogP contribution in [0.3, 0.4) is 0 Å². The van der Waals surface area contributed by atoms with Crippen molar-refractivity contribution in [3.8, 4) is 0 Å². The summed E-state index contributed by atoms with van der Waals surface area (Å²) < 4.78 is 0. The maximum absolute atomic E-state index is 13.1. The third-order valence-electron chi connectivity index (χ3n) is 7.16. The van der Waals surface area contributed by atoms with Gasteiger partial charge < -0.3 is 15.5 Å². The van der Waals surface area contributed by atoms with Gasteiger partial charge in [0.25, 0.3) is 5.91 Å². The standard InChI is InChI=1S/C26H32N4O5S/c1-16-8-10-26(34,11-9-16)18(24(32)30-35)14-23(31)21(13-17-5-4-12-36-17)29-25(33)22-15-27-19-6-2-3-7-20(19)28-22/h2-7,12,15-16,18,21,23,31,34-35H,8-11,13-14H2,1H3,(H,29,33)(H,30,32). The van der Waals surface area contributed by atoms with Crippen molar-refractivity contribution in [1.82, 2.24) is 20.8 Å². The molecule has 2 amide bonds. The second-order valence-electron chi connectivity index (χ2n) is 9.73. The summed E-state index contributed by atoms with van der Waals surface area (Å²) in [6, 6.07) is 10.2. The third kappa shape index (κ3) is 6.07. The molecular weight excluding hydrogens is 480 g/mol. The number of benzene rings is 1. The van der Waals surface area contributed by atoms with E-state index in [1.807, 2.05) is 29.6 Å². The molecule has 36 heavy (non-hydrogen) atoms. The zero-order valence-electron chi connectivity index (χ0n) is 20.1. The highest BCUT2D eigenvalue weighted by Gasteiger charge is 2.45. The van der Waals surface area contributed by atoms with E-state index >= 15 is 0 Å². The Morgan fingerprint density at radius 3 is 2.56 bits per heavy atom. The number of aromatic nitrogens is 2. The van der Waals surface area contributed by atoms with Crippen LogP contribution in [-0.2, 0) is 11.2 Å². The summed E-state index contributed by atoms with van der Waals surface area (Å²) in [4.78, 5) is 35.3. The van der Waals surface area contributed by atoms with E-state index in [9.17, 15) is 25.0 Å². The van der Waals surface area contributed by atoms with Crippen molar-refractivity contribution >= 4 is 34.2 Å². The number of para-hydroxylation sites is 2. The molecule has 2 heterocycles. The number of hydrogen-bond acceptors (Lipinski definition) is 8. The van der Waals surface area contributed by atoms with Crippen LogP contribution in [0.25, 0.3) is 11.0 Å². The first kappa shape index (κ1) is 26.2. The van der Waals surface area contributed by atoms with Gasteiger partial charge in [0.2, 0.25) is 5.91 Å². The lowest BCUT2D eigenvalue weighted by atomic mass is 9.70. The van der Waals surface area contributed by atoms with E-state index in [0.29, 0.717) is 36.2 Å². The molecule has 3 aromatic rings. The number of rotatable bonds is 9. The number of thiophene rings is 1. The lowest BCUT2D eigenvalue weighted by molar-refractivity contribution is -0.150. The van der Waals surface area contributed by atoms with Crippen molar-refractivity contribution in [2.24, 2.45) is 11.8 Å². The van der Waals surface area contributed by atoms with Gasteiger partial charge in [-0.1, -0.05) is 25.1 Å². The maximum atomic E-state index is 13.1. The molecule has 10 heteroatoms. The number of aliphatic hydroxyl groups is 2. The second-order valence-corrected chi connectivity index (χ2v) is 10.8. The first-order valence-corrected chi connectivity index (χ1v) is 13.1. The molecule has 192 valence electrons. The first-order chi connectivity index (χ1) is 17.3. The number of fused-ring (bicyclic) bond motifs is 1. The molecule has 0 radical (unpaired) electrons. The summed E-state index contributed by atoms with van der Waals surface area (Å²) in [6.45, 7) is 2.10. The Kier molecular flexibility index (Phi) is 8.30. The molecule has 5 N–H and O–H groups in total. The van der Waals surface area contributed by atoms with Gasteiger partial charge in [0.1, 0.15) is 5.69 Å². The summed E-state index contributed by atoms with van der Waals surface area (Å²) >= 11 is 1.49. The van der Waals surface area contributed by atoms with Crippen LogP contribution in [0.1, 0.15) is 54.4 Å². The van der Waals surface area contributed by atoms with Crippen molar-refractivity contribution in [2.45, 2.75) is 63.2 Å². The van der Waals surface area contributed by atoms with E-state index < -0.39 is 35.5 Å². The van der Waals surface area contributed by atoms with Gasteiger partial charge in [-0.2, -0.15) is 0 Å². The van der Waals surface area contributed by atoms with Crippen molar-refractivity contribution < 1.29 is 25.0 Å². The maximum Gasteiger partial charge on any atom is 0.271 e. The Morgan fingerprint density at radius 2 is 1.89 bits per heavy atom. The summed E-state index contributed by atoms with van der Waals surface area (Å²) in [5, 5.41) is 36.7. The molecule has 3 atom stereocenters. The average molecular weight is 513 g/mol. The third-order valence-corrected chi connectivity index (χ3v) is 8.05. The Hall–Kier alpha value is -2.92. The first-order valence-electron chi connectivity index (χ1n) is 12.2. The van der Waals surface area contributed by atoms with Crippen LogP contribution in [0.2, 0.25) is 0 Å². The van der Waals surface area contributed by atoms with Gasteiger partial charge in [0.15, 0.2) is 0 Å². The molecule has 0 bridgehead atoms. The lowest BCUT2D eigenvalue weighted by Gasteiger charge is -2.41. The number of nitrogens with one attached hydrogen (secondary N) is 2. The predicted molar refractivity (Wildman–Crippen MR) is 135 cm³/mol. The van der Waals surface area contributed by atoms with Crippen molar-refractivity contribution in [3.05, 3.63) is 58.5 Å². The Balaban J connectivity index is 1.55. The quantitative estimate of drug-likeness (QED) is 0.219. The average Bonchev–Trinajstić information content (AvgIpc) is 3.41. The fourth-order valence-electron chi connectivity index (χ4n) is 4.90. The zero-order chi connectivity index (χ0) is 25.7. The van der Waals surface area contributed by atoms with Gasteiger partial charge in [-0.15, -0.1) is 11.3 Å². The van der Waals surface area contributed by atoms with Crippen LogP contribution >= 0.6 is 11.3 Å². The van der Waals surface area contributed by atoms with Gasteiger partial charge in [0.05, 0.1) is 40.9 Å². The minimum Gasteiger partial charge on any atom is -0.391 e. The monoisotopic (exact) mass is 512 g/mol. The molecule has 1 aromatic carbocycles. The van der Waals surface area contributed by atoms with Crippen LogP contribution in [0, 0.1) is 11.8 Å². The van der Waals surface area contributed by atoms with Crippen LogP contribution < -0.4 is 10.8 Å². The molecule has 1 aliphatic carbocycles. The van der Waals surface area contributed by atoms with Gasteiger partial charge in [0, 0.05) is 11.3 Å². The fraction of sp³-hybridized carbons (Fsp3) is 0.462. The molecule has 0 aliphatic heterocycles. The smallest absolute Gasteiger partial charge is 0.271 e. The lowest BCUT2D eigenvalue weighted by Crippen LogP contribution is -2.52. The number of hydrogen-bond donors (Lipinski definition) is 5. The van der Waals surface area contributed by atoms with Crippen molar-refractivity contribution in [2.75, 3.05) is 0 Å². The molecule has 0 saturated heterocycles. The van der Waals surface area contributed by atoms with Gasteiger partial charge >= 0.3 is 0 Å². The van der Waals surface area contributed by atoms with Crippen LogP contribution in [0.15, 0.2) is 48.0 Å². The highest BCUT2D eigenvalue weighted by atomic mass is 32.1. The number of hydroxylamine groups is 1. The van der Waals surface area contributed by atoms with Crippen LogP contribution in [0.4, 0.5) is 0 Å². The normalized spacial score (nSPS) is 22.5. The largest absolute Gasteiger partial charge is 0.391 e. The Morgan fingerprint density at radius 1 is 1.17 bits per heavy atom. The number of amides is 2. The van der Waals surface area contributed by atoms with Crippen molar-refractivity contribution in [1.29, 1.82) is 0 Å². The molecule has 2 aromatic heterocycles. The molecule has 0 spiro atoms. The van der Waals surface area contributed by atoms with Gasteiger partial charge in [-0.25, -0.2) is 10.5 Å². The minimum atomic E-state index is -1.35. The molecule has 1 fully saturated rings. The van der Waals surface area contributed by atoms with Gasteiger partial charge in [-0.05, 0) is 61.6 Å². The van der Waals surface area contributed by atoms with E-state index in [-0.39, 0.29) is 12.1 Å². The molecule has 4 rings (SSSR count). The van der Waals surface area contributed by atoms with E-state index in [1.165, 1.54) is 17.5 Å². The summed E-state index contributed by atoms with van der Waals surface area (Å²) in [6.07, 6.45) is 2.71. The molecular formula is C26H32N4O5S. The number of carbonyl (C=O) groups is 2. The van der Waals surface area contributed by atoms with E-state index in [0.717, 1.165) is 17.7 Å². The zero-order valence-corrected chi connectivity index (χ0v) is 20.9. The second kappa shape index (κ2) is 11.4. The number of nitrogens with zero attached hydrogens (tertiary/aromatic N) is 2. The molecule has 1 saturated carbocycles. The van der Waals surface area contributed by atoms with Crippen LogP contribution in [0.5, 0.6) is 0 Å². The minimum absolute atomic E-state index is 0.113. The molecule has 1 aliphatic rings. The Labute approximate surface area is 213 Å². The summed E-state index contributed by atoms with van der Waals surface area (Å²) in [5.74, 6) is -1.84. The fourth-order valence-corrected chi connectivity index (χ4v) is 5.67. The molecule has 3 unspecified atom stereocenters. The van der Waals surface area contributed by atoms with Crippen molar-refractivity contribution in [3.63, 3.8) is 0 Å². The number of carbonyl (C=O) groups excluding carboxylic acids is 2. The highest BCUT2D eigenvalue weighted by molar-refractivity contribution is 7.09. The summed E-state index contributed by atoms with van der Waals surface area (Å²) in [7, 11) is 0. The number of aliphatic hydroxyl groups excluding tert-OH is 1. The summed E-state index contributed by atoms with van der Waals surface area (Å²) in [5.41, 5.74) is 1.67. The predicted octanol–water partition coefficient (Wildman–Crippen LogP) is 2.85. The SMILES string of the molecule is CC1CCC(O)(C(CC(O)C(Cc2cccs2)NC(=O)c2cnc3ccccc3n2)C(=O)NO)CC1. The van der Waals surface area contributed by atoms with E-state index in [1.54, 1.807) is 17.6 Å².